The average molecular weight is 392 g/mol. The van der Waals surface area contributed by atoms with Gasteiger partial charge in [0.2, 0.25) is 10.0 Å². The van der Waals surface area contributed by atoms with Gasteiger partial charge < -0.3 is 10.2 Å². The number of benzene rings is 1. The molecule has 27 heavy (non-hydrogen) atoms. The Morgan fingerprint density at radius 2 is 1.67 bits per heavy atom. The van der Waals surface area contributed by atoms with E-state index in [0.717, 1.165) is 5.56 Å². The zero-order chi connectivity index (χ0) is 19.3. The Kier molecular flexibility index (Phi) is 6.55. The van der Waals surface area contributed by atoms with Crippen LogP contribution >= 0.6 is 0 Å². The van der Waals surface area contributed by atoms with E-state index in [2.05, 4.69) is 11.4 Å². The van der Waals surface area contributed by atoms with Crippen LogP contribution in [-0.4, -0.2) is 49.8 Å². The number of amides is 2. The second-order valence-corrected chi connectivity index (χ2v) is 9.35. The number of rotatable bonds is 4. The number of nitrogens with zero attached hydrogens (tertiary/aromatic N) is 2. The lowest BCUT2D eigenvalue weighted by molar-refractivity contribution is 0.175. The van der Waals surface area contributed by atoms with Crippen LogP contribution in [0.15, 0.2) is 41.4 Å². The molecule has 2 amide bonds. The summed E-state index contributed by atoms with van der Waals surface area (Å²) >= 11 is 0. The van der Waals surface area contributed by atoms with Crippen LogP contribution in [0.3, 0.4) is 0 Å². The fraction of sp³-hybridized carbons (Fsp3) is 0.550. The van der Waals surface area contributed by atoms with Crippen LogP contribution in [0.4, 0.5) is 4.79 Å². The first-order valence-electron chi connectivity index (χ1n) is 9.76. The minimum Gasteiger partial charge on any atom is -0.322 e. The summed E-state index contributed by atoms with van der Waals surface area (Å²) < 4.78 is 26.9. The van der Waals surface area contributed by atoms with Gasteiger partial charge in [-0.25, -0.2) is 13.2 Å². The highest BCUT2D eigenvalue weighted by Crippen LogP contribution is 2.24. The molecule has 1 aliphatic heterocycles. The molecule has 0 bridgehead atoms. The van der Waals surface area contributed by atoms with Gasteiger partial charge in [-0.05, 0) is 37.8 Å². The minimum absolute atomic E-state index is 0.158. The maximum absolute atomic E-state index is 12.7. The van der Waals surface area contributed by atoms with Crippen LogP contribution in [0.5, 0.6) is 0 Å². The first-order chi connectivity index (χ1) is 13.0. The molecule has 1 saturated heterocycles. The monoisotopic (exact) mass is 391 g/mol. The molecule has 2 fully saturated rings. The van der Waals surface area contributed by atoms with E-state index in [1.165, 1.54) is 36.4 Å². The molecule has 1 aromatic carbocycles. The van der Waals surface area contributed by atoms with E-state index in [9.17, 15) is 13.2 Å². The second-order valence-electron chi connectivity index (χ2n) is 7.41. The van der Waals surface area contributed by atoms with Gasteiger partial charge in [0.15, 0.2) is 0 Å². The van der Waals surface area contributed by atoms with Gasteiger partial charge in [-0.3, -0.25) is 0 Å². The SMILES string of the molecule is Cc1ccc(S(=O)(=O)N2CCN(C(=O)N/C=C/C3CCCCC3)CC2)cc1. The predicted molar refractivity (Wildman–Crippen MR) is 106 cm³/mol. The highest BCUT2D eigenvalue weighted by Gasteiger charge is 2.29. The van der Waals surface area contributed by atoms with Crippen LogP contribution in [0, 0.1) is 12.8 Å². The van der Waals surface area contributed by atoms with E-state index in [1.807, 2.05) is 6.92 Å². The van der Waals surface area contributed by atoms with Gasteiger partial charge in [0.05, 0.1) is 4.90 Å². The van der Waals surface area contributed by atoms with Crippen molar-refractivity contribution < 1.29 is 13.2 Å². The van der Waals surface area contributed by atoms with Crippen molar-refractivity contribution in [1.82, 2.24) is 14.5 Å². The van der Waals surface area contributed by atoms with Crippen LogP contribution in [0.25, 0.3) is 0 Å². The normalized spacial score (nSPS) is 20.1. The van der Waals surface area contributed by atoms with Crippen LogP contribution in [0.2, 0.25) is 0 Å². The van der Waals surface area contributed by atoms with Crippen LogP contribution < -0.4 is 5.32 Å². The summed E-state index contributed by atoms with van der Waals surface area (Å²) in [6.45, 7) is 3.35. The van der Waals surface area contributed by atoms with Gasteiger partial charge in [0.1, 0.15) is 0 Å². The molecule has 1 aliphatic carbocycles. The largest absolute Gasteiger partial charge is 0.322 e. The lowest BCUT2D eigenvalue weighted by atomic mass is 9.89. The maximum atomic E-state index is 12.7. The lowest BCUT2D eigenvalue weighted by Crippen LogP contribution is -2.52. The molecule has 0 aromatic heterocycles. The van der Waals surface area contributed by atoms with Crippen molar-refractivity contribution in [3.05, 3.63) is 42.1 Å². The number of piperazine rings is 1. The summed E-state index contributed by atoms with van der Waals surface area (Å²) in [7, 11) is -3.50. The summed E-state index contributed by atoms with van der Waals surface area (Å²) in [4.78, 5) is 14.3. The van der Waals surface area contributed by atoms with E-state index in [1.54, 1.807) is 35.4 Å². The van der Waals surface area contributed by atoms with Gasteiger partial charge in [-0.1, -0.05) is 43.0 Å². The molecule has 1 N–H and O–H groups in total. The Hall–Kier alpha value is -1.86. The number of carbonyl (C=O) groups is 1. The van der Waals surface area contributed by atoms with E-state index in [4.69, 9.17) is 0 Å². The third-order valence-corrected chi connectivity index (χ3v) is 7.32. The van der Waals surface area contributed by atoms with Crippen LogP contribution in [-0.2, 0) is 10.0 Å². The third-order valence-electron chi connectivity index (χ3n) is 5.41. The summed E-state index contributed by atoms with van der Waals surface area (Å²) in [6, 6.07) is 6.72. The molecule has 1 saturated carbocycles. The maximum Gasteiger partial charge on any atom is 0.321 e. The van der Waals surface area contributed by atoms with E-state index in [-0.39, 0.29) is 6.03 Å². The molecule has 1 aromatic rings. The Balaban J connectivity index is 1.49. The van der Waals surface area contributed by atoms with Crippen molar-refractivity contribution >= 4 is 16.1 Å². The van der Waals surface area contributed by atoms with E-state index < -0.39 is 10.0 Å². The number of nitrogens with one attached hydrogen (secondary N) is 1. The molecule has 7 heteroatoms. The summed E-state index contributed by atoms with van der Waals surface area (Å²) in [5, 5.41) is 2.83. The average Bonchev–Trinajstić information content (AvgIpc) is 2.69. The highest BCUT2D eigenvalue weighted by molar-refractivity contribution is 7.89. The molecule has 0 atom stereocenters. The smallest absolute Gasteiger partial charge is 0.321 e. The number of allylic oxidation sites excluding steroid dienone is 1. The first-order valence-corrected chi connectivity index (χ1v) is 11.2. The molecule has 1 heterocycles. The van der Waals surface area contributed by atoms with Crippen LogP contribution in [0.1, 0.15) is 37.7 Å². The predicted octanol–water partition coefficient (Wildman–Crippen LogP) is 3.10. The number of hydrogen-bond acceptors (Lipinski definition) is 3. The number of aryl methyl sites for hydroxylation is 1. The number of hydrogen-bond donors (Lipinski definition) is 1. The van der Waals surface area contributed by atoms with Crippen molar-refractivity contribution in [3.8, 4) is 0 Å². The third kappa shape index (κ3) is 5.11. The molecule has 0 unspecified atom stereocenters. The Morgan fingerprint density at radius 3 is 2.30 bits per heavy atom. The number of sulfonamides is 1. The van der Waals surface area contributed by atoms with Crippen molar-refractivity contribution in [1.29, 1.82) is 0 Å². The van der Waals surface area contributed by atoms with E-state index >= 15 is 0 Å². The zero-order valence-corrected chi connectivity index (χ0v) is 16.7. The summed E-state index contributed by atoms with van der Waals surface area (Å²) in [6.07, 6.45) is 10.1. The van der Waals surface area contributed by atoms with Crippen molar-refractivity contribution in [2.24, 2.45) is 5.92 Å². The second kappa shape index (κ2) is 8.89. The van der Waals surface area contributed by atoms with Crippen molar-refractivity contribution in [2.45, 2.75) is 43.9 Å². The Bertz CT molecular complexity index is 760. The summed E-state index contributed by atoms with van der Waals surface area (Å²) in [5.74, 6) is 0.565. The number of urea groups is 1. The molecular weight excluding hydrogens is 362 g/mol. The fourth-order valence-electron chi connectivity index (χ4n) is 3.66. The van der Waals surface area contributed by atoms with Gasteiger partial charge in [0.25, 0.3) is 0 Å². The molecule has 2 aliphatic rings. The summed E-state index contributed by atoms with van der Waals surface area (Å²) in [5.41, 5.74) is 1.02. The Labute approximate surface area is 162 Å². The first kappa shape index (κ1) is 19.9. The van der Waals surface area contributed by atoms with Gasteiger partial charge >= 0.3 is 6.03 Å². The minimum atomic E-state index is -3.50. The standard InChI is InChI=1S/C20H29N3O3S/c1-17-7-9-19(10-8-17)27(25,26)23-15-13-22(14-16-23)20(24)21-12-11-18-5-3-2-4-6-18/h7-12,18H,2-6,13-16H2,1H3,(H,21,24)/b12-11+. The molecule has 0 spiro atoms. The van der Waals surface area contributed by atoms with Crippen molar-refractivity contribution in [3.63, 3.8) is 0 Å². The Morgan fingerprint density at radius 1 is 1.04 bits per heavy atom. The quantitative estimate of drug-likeness (QED) is 0.857. The van der Waals surface area contributed by atoms with E-state index in [0.29, 0.717) is 37.0 Å². The van der Waals surface area contributed by atoms with Gasteiger partial charge in [0, 0.05) is 32.4 Å². The van der Waals surface area contributed by atoms with Gasteiger partial charge in [-0.15, -0.1) is 0 Å². The highest BCUT2D eigenvalue weighted by atomic mass is 32.2. The molecule has 148 valence electrons. The molecule has 0 radical (unpaired) electrons. The fourth-order valence-corrected chi connectivity index (χ4v) is 5.09. The molecular formula is C20H29N3O3S. The number of carbonyl (C=O) groups excluding carboxylic acids is 1. The zero-order valence-electron chi connectivity index (χ0n) is 15.9. The lowest BCUT2D eigenvalue weighted by Gasteiger charge is -2.33. The molecule has 6 nitrogen and oxygen atoms in total. The van der Waals surface area contributed by atoms with Gasteiger partial charge in [-0.2, -0.15) is 4.31 Å². The van der Waals surface area contributed by atoms with Crippen molar-refractivity contribution in [2.75, 3.05) is 26.2 Å². The topological polar surface area (TPSA) is 69.7 Å². The molecule has 3 rings (SSSR count).